The molecule has 1 fully saturated rings. The molecule has 3 heteroatoms. The molecule has 2 nitrogen and oxygen atoms in total. The average molecular weight is 159 g/mol. The van der Waals surface area contributed by atoms with E-state index in [2.05, 4.69) is 0 Å². The van der Waals surface area contributed by atoms with Crippen LogP contribution in [0.15, 0.2) is 0 Å². The summed E-state index contributed by atoms with van der Waals surface area (Å²) in [5, 5.41) is 0. The second-order valence-electron chi connectivity index (χ2n) is 3.17. The Bertz CT molecular complexity index is 160. The first-order chi connectivity index (χ1) is 5.11. The first-order valence-corrected chi connectivity index (χ1v) is 4.00. The predicted octanol–water partition coefficient (Wildman–Crippen LogP) is 1.01. The molecule has 11 heavy (non-hydrogen) atoms. The predicted molar refractivity (Wildman–Crippen MR) is 41.2 cm³/mol. The van der Waals surface area contributed by atoms with Crippen molar-refractivity contribution in [3.8, 4) is 0 Å². The fourth-order valence-electron chi connectivity index (χ4n) is 1.35. The van der Waals surface area contributed by atoms with E-state index >= 15 is 0 Å². The van der Waals surface area contributed by atoms with Crippen molar-refractivity contribution < 1.29 is 9.18 Å². The Morgan fingerprint density at radius 1 is 1.73 bits per heavy atom. The van der Waals surface area contributed by atoms with Gasteiger partial charge < -0.3 is 0 Å². The summed E-state index contributed by atoms with van der Waals surface area (Å²) in [7, 11) is 0. The topological polar surface area (TPSA) is 20.3 Å². The Kier molecular flexibility index (Phi) is 2.60. The van der Waals surface area contributed by atoms with Gasteiger partial charge in [-0.15, -0.1) is 0 Å². The largest absolute Gasteiger partial charge is 0.298 e. The Labute approximate surface area is 66.4 Å². The van der Waals surface area contributed by atoms with Gasteiger partial charge >= 0.3 is 0 Å². The van der Waals surface area contributed by atoms with E-state index in [9.17, 15) is 9.18 Å². The van der Waals surface area contributed by atoms with E-state index in [1.54, 1.807) is 6.92 Å². The number of rotatable bonds is 2. The summed E-state index contributed by atoms with van der Waals surface area (Å²) in [6, 6.07) is -0.101. The third-order valence-corrected chi connectivity index (χ3v) is 2.30. The van der Waals surface area contributed by atoms with Crippen LogP contribution in [-0.2, 0) is 4.79 Å². The quantitative estimate of drug-likeness (QED) is 0.599. The van der Waals surface area contributed by atoms with Crippen molar-refractivity contribution >= 4 is 5.78 Å². The van der Waals surface area contributed by atoms with Crippen LogP contribution in [0.1, 0.15) is 20.3 Å². The van der Waals surface area contributed by atoms with Gasteiger partial charge in [-0.3, -0.25) is 9.69 Å². The van der Waals surface area contributed by atoms with Crippen molar-refractivity contribution in [3.05, 3.63) is 0 Å². The van der Waals surface area contributed by atoms with Gasteiger partial charge in [0.05, 0.1) is 6.04 Å². The van der Waals surface area contributed by atoms with E-state index in [1.807, 2.05) is 11.8 Å². The van der Waals surface area contributed by atoms with Crippen molar-refractivity contribution in [2.45, 2.75) is 32.5 Å². The third-order valence-electron chi connectivity index (χ3n) is 2.30. The van der Waals surface area contributed by atoms with Crippen LogP contribution in [0.3, 0.4) is 0 Å². The van der Waals surface area contributed by atoms with Crippen LogP contribution in [0.25, 0.3) is 0 Å². The molecule has 0 bridgehead atoms. The second-order valence-corrected chi connectivity index (χ2v) is 3.17. The standard InChI is InChI=1S/C8H14FNO/c1-6(7(2)11)10-4-3-8(9)5-10/h6,8H,3-5H2,1-2H3. The molecule has 1 aliphatic heterocycles. The number of alkyl halides is 1. The summed E-state index contributed by atoms with van der Waals surface area (Å²) in [6.45, 7) is 4.54. The monoisotopic (exact) mass is 159 g/mol. The van der Waals surface area contributed by atoms with Crippen LogP contribution >= 0.6 is 0 Å². The summed E-state index contributed by atoms with van der Waals surface area (Å²) in [5.74, 6) is 0.124. The van der Waals surface area contributed by atoms with Gasteiger partial charge in [0.2, 0.25) is 0 Å². The lowest BCUT2D eigenvalue weighted by Gasteiger charge is -2.20. The lowest BCUT2D eigenvalue weighted by atomic mass is 10.2. The third kappa shape index (κ3) is 1.99. The van der Waals surface area contributed by atoms with E-state index < -0.39 is 6.17 Å². The van der Waals surface area contributed by atoms with Gasteiger partial charge in [0.1, 0.15) is 12.0 Å². The number of ketones is 1. The average Bonchev–Trinajstić information content (AvgIpc) is 2.34. The number of hydrogen-bond donors (Lipinski definition) is 0. The molecule has 0 saturated carbocycles. The molecule has 0 aliphatic carbocycles. The summed E-state index contributed by atoms with van der Waals surface area (Å²) >= 11 is 0. The van der Waals surface area contributed by atoms with Gasteiger partial charge in [0.25, 0.3) is 0 Å². The van der Waals surface area contributed by atoms with E-state index in [1.165, 1.54) is 0 Å². The van der Waals surface area contributed by atoms with Gasteiger partial charge in [-0.1, -0.05) is 0 Å². The molecule has 0 aromatic heterocycles. The molecule has 64 valence electrons. The minimum absolute atomic E-state index is 0.101. The van der Waals surface area contributed by atoms with Gasteiger partial charge in [-0.05, 0) is 20.3 Å². The summed E-state index contributed by atoms with van der Waals surface area (Å²) in [4.78, 5) is 12.8. The van der Waals surface area contributed by atoms with Crippen LogP contribution in [0, 0.1) is 0 Å². The molecule has 0 aromatic carbocycles. The maximum absolute atomic E-state index is 12.6. The van der Waals surface area contributed by atoms with Crippen LogP contribution in [0.2, 0.25) is 0 Å². The van der Waals surface area contributed by atoms with Gasteiger partial charge in [0, 0.05) is 13.1 Å². The smallest absolute Gasteiger partial charge is 0.146 e. The van der Waals surface area contributed by atoms with Crippen LogP contribution < -0.4 is 0 Å². The molecule has 1 aliphatic rings. The minimum Gasteiger partial charge on any atom is -0.298 e. The maximum Gasteiger partial charge on any atom is 0.146 e. The van der Waals surface area contributed by atoms with Gasteiger partial charge in [-0.25, -0.2) is 4.39 Å². The lowest BCUT2D eigenvalue weighted by molar-refractivity contribution is -0.121. The van der Waals surface area contributed by atoms with Crippen LogP contribution in [0.5, 0.6) is 0 Å². The molecule has 0 amide bonds. The number of Topliss-reactive ketones (excluding diaryl/α,β-unsaturated/α-hetero) is 1. The Morgan fingerprint density at radius 2 is 2.36 bits per heavy atom. The zero-order valence-corrected chi connectivity index (χ0v) is 7.01. The molecule has 1 heterocycles. The second kappa shape index (κ2) is 3.30. The van der Waals surface area contributed by atoms with Crippen molar-refractivity contribution in [1.29, 1.82) is 0 Å². The van der Waals surface area contributed by atoms with Gasteiger partial charge in [0.15, 0.2) is 0 Å². The van der Waals surface area contributed by atoms with E-state index in [-0.39, 0.29) is 11.8 Å². The molecule has 0 radical (unpaired) electrons. The highest BCUT2D eigenvalue weighted by atomic mass is 19.1. The summed E-state index contributed by atoms with van der Waals surface area (Å²) in [5.41, 5.74) is 0. The Balaban J connectivity index is 2.43. The molecule has 0 spiro atoms. The van der Waals surface area contributed by atoms with Gasteiger partial charge in [-0.2, -0.15) is 0 Å². The van der Waals surface area contributed by atoms with E-state index in [0.717, 1.165) is 6.54 Å². The SMILES string of the molecule is CC(=O)C(C)N1CCC(F)C1. The summed E-state index contributed by atoms with van der Waals surface area (Å²) < 4.78 is 12.6. The normalized spacial score (nSPS) is 28.8. The van der Waals surface area contributed by atoms with Crippen LogP contribution in [-0.4, -0.2) is 36.0 Å². The first kappa shape index (κ1) is 8.65. The number of carbonyl (C=O) groups excluding carboxylic acids is 1. The lowest BCUT2D eigenvalue weighted by Crippen LogP contribution is -2.36. The van der Waals surface area contributed by atoms with E-state index in [4.69, 9.17) is 0 Å². The molecule has 0 N–H and O–H groups in total. The highest BCUT2D eigenvalue weighted by molar-refractivity contribution is 5.80. The van der Waals surface area contributed by atoms with Crippen molar-refractivity contribution in [2.24, 2.45) is 0 Å². The molecule has 2 atom stereocenters. The Hall–Kier alpha value is -0.440. The number of hydrogen-bond acceptors (Lipinski definition) is 2. The fourth-order valence-corrected chi connectivity index (χ4v) is 1.35. The first-order valence-electron chi connectivity index (χ1n) is 4.00. The zero-order valence-electron chi connectivity index (χ0n) is 7.01. The maximum atomic E-state index is 12.6. The van der Waals surface area contributed by atoms with Crippen molar-refractivity contribution in [2.75, 3.05) is 13.1 Å². The molecule has 2 unspecified atom stereocenters. The fraction of sp³-hybridized carbons (Fsp3) is 0.875. The molecule has 1 rings (SSSR count). The number of halogens is 1. The van der Waals surface area contributed by atoms with Crippen LogP contribution in [0.4, 0.5) is 4.39 Å². The molecular formula is C8H14FNO. The van der Waals surface area contributed by atoms with Crippen molar-refractivity contribution in [3.63, 3.8) is 0 Å². The molecular weight excluding hydrogens is 145 g/mol. The number of likely N-dealkylation sites (tertiary alicyclic amines) is 1. The summed E-state index contributed by atoms with van der Waals surface area (Å²) in [6.07, 6.45) is -0.144. The highest BCUT2D eigenvalue weighted by Gasteiger charge is 2.27. The Morgan fingerprint density at radius 3 is 2.73 bits per heavy atom. The molecule has 0 aromatic rings. The van der Waals surface area contributed by atoms with E-state index in [0.29, 0.717) is 13.0 Å². The number of nitrogens with zero attached hydrogens (tertiary/aromatic N) is 1. The zero-order chi connectivity index (χ0) is 8.43. The highest BCUT2D eigenvalue weighted by Crippen LogP contribution is 2.15. The minimum atomic E-state index is -0.725. The molecule has 1 saturated heterocycles. The number of carbonyl (C=O) groups is 1. The van der Waals surface area contributed by atoms with Crippen molar-refractivity contribution in [1.82, 2.24) is 4.90 Å².